The van der Waals surface area contributed by atoms with Crippen LogP contribution >= 0.6 is 0 Å². The lowest BCUT2D eigenvalue weighted by atomic mass is 10.00. The molecule has 0 saturated carbocycles. The summed E-state index contributed by atoms with van der Waals surface area (Å²) in [6, 6.07) is 0.288. The molecule has 2 aliphatic rings. The Morgan fingerprint density at radius 1 is 1.40 bits per heavy atom. The summed E-state index contributed by atoms with van der Waals surface area (Å²) in [6.07, 6.45) is 6.47. The van der Waals surface area contributed by atoms with Crippen LogP contribution in [-0.4, -0.2) is 50.9 Å². The molecular formula is C14H17N5O. The first-order chi connectivity index (χ1) is 9.69. The Morgan fingerprint density at radius 3 is 3.05 bits per heavy atom. The molecule has 2 aliphatic heterocycles. The second kappa shape index (κ2) is 4.28. The standard InChI is InChI=1S/C14H17N5O/c1-9-5-19-7-11(4-15-14(19)16-9)13(20)17-12-8-18-3-2-10(12)6-18/h4-5,7,10,12H,2-3,6,8H2,1H3,(H,17,20)/t10-,12?/m0/s1. The molecule has 2 bridgehead atoms. The molecule has 2 fully saturated rings. The summed E-state index contributed by atoms with van der Waals surface area (Å²) < 4.78 is 1.80. The normalized spacial score (nSPS) is 28.1. The van der Waals surface area contributed by atoms with Gasteiger partial charge in [0.25, 0.3) is 5.91 Å². The third-order valence-electron chi connectivity index (χ3n) is 4.34. The number of nitrogens with zero attached hydrogens (tertiary/aromatic N) is 4. The van der Waals surface area contributed by atoms with Gasteiger partial charge in [-0.05, 0) is 25.8 Å². The fourth-order valence-corrected chi connectivity index (χ4v) is 3.32. The first-order valence-electron chi connectivity index (χ1n) is 7.03. The van der Waals surface area contributed by atoms with Gasteiger partial charge in [0.2, 0.25) is 5.78 Å². The number of rotatable bonds is 2. The van der Waals surface area contributed by atoms with Crippen molar-refractivity contribution in [1.29, 1.82) is 0 Å². The average Bonchev–Trinajstić information content (AvgIpc) is 3.10. The first kappa shape index (κ1) is 11.8. The first-order valence-corrected chi connectivity index (χ1v) is 7.03. The number of aryl methyl sites for hydroxylation is 1. The number of amides is 1. The van der Waals surface area contributed by atoms with Crippen molar-refractivity contribution in [2.45, 2.75) is 19.4 Å². The fourth-order valence-electron chi connectivity index (χ4n) is 3.32. The van der Waals surface area contributed by atoms with Crippen LogP contribution in [0.25, 0.3) is 5.78 Å². The minimum Gasteiger partial charge on any atom is -0.348 e. The number of nitrogens with one attached hydrogen (secondary N) is 1. The Kier molecular flexibility index (Phi) is 2.53. The smallest absolute Gasteiger partial charge is 0.254 e. The quantitative estimate of drug-likeness (QED) is 0.862. The summed E-state index contributed by atoms with van der Waals surface area (Å²) in [6.45, 7) is 5.20. The zero-order chi connectivity index (χ0) is 13.7. The van der Waals surface area contributed by atoms with Crippen molar-refractivity contribution < 1.29 is 4.79 Å². The van der Waals surface area contributed by atoms with Gasteiger partial charge in [0.05, 0.1) is 11.3 Å². The maximum atomic E-state index is 12.3. The van der Waals surface area contributed by atoms with E-state index >= 15 is 0 Å². The second-order valence-electron chi connectivity index (χ2n) is 5.82. The van der Waals surface area contributed by atoms with Gasteiger partial charge in [0, 0.05) is 37.7 Å². The predicted molar refractivity (Wildman–Crippen MR) is 73.5 cm³/mol. The van der Waals surface area contributed by atoms with Gasteiger partial charge in [-0.15, -0.1) is 0 Å². The van der Waals surface area contributed by atoms with E-state index in [9.17, 15) is 4.79 Å². The van der Waals surface area contributed by atoms with Crippen LogP contribution < -0.4 is 5.32 Å². The van der Waals surface area contributed by atoms with Crippen LogP contribution in [0.2, 0.25) is 0 Å². The molecule has 0 spiro atoms. The summed E-state index contributed by atoms with van der Waals surface area (Å²) in [5.41, 5.74) is 1.49. The molecule has 6 heteroatoms. The summed E-state index contributed by atoms with van der Waals surface area (Å²) in [7, 11) is 0. The molecule has 1 amide bonds. The van der Waals surface area contributed by atoms with Crippen LogP contribution in [0.1, 0.15) is 22.5 Å². The van der Waals surface area contributed by atoms with Gasteiger partial charge < -0.3 is 10.2 Å². The lowest BCUT2D eigenvalue weighted by molar-refractivity contribution is 0.0923. The van der Waals surface area contributed by atoms with Crippen LogP contribution in [0.15, 0.2) is 18.6 Å². The Labute approximate surface area is 116 Å². The molecule has 104 valence electrons. The minimum absolute atomic E-state index is 0.0375. The number of hydrogen-bond donors (Lipinski definition) is 1. The molecule has 2 aromatic rings. The summed E-state index contributed by atoms with van der Waals surface area (Å²) in [4.78, 5) is 23.2. The van der Waals surface area contributed by atoms with E-state index in [2.05, 4.69) is 20.2 Å². The van der Waals surface area contributed by atoms with E-state index < -0.39 is 0 Å². The van der Waals surface area contributed by atoms with Crippen molar-refractivity contribution in [2.24, 2.45) is 5.92 Å². The van der Waals surface area contributed by atoms with Crippen LogP contribution in [0, 0.1) is 12.8 Å². The number of carbonyl (C=O) groups is 1. The molecule has 20 heavy (non-hydrogen) atoms. The number of hydrogen-bond acceptors (Lipinski definition) is 4. The molecule has 0 aliphatic carbocycles. The molecule has 3 atom stereocenters. The van der Waals surface area contributed by atoms with E-state index in [0.717, 1.165) is 18.8 Å². The van der Waals surface area contributed by atoms with Gasteiger partial charge in [-0.1, -0.05) is 0 Å². The lowest BCUT2D eigenvalue weighted by Gasteiger charge is -2.23. The Hall–Kier alpha value is -1.95. The van der Waals surface area contributed by atoms with E-state index in [1.807, 2.05) is 13.1 Å². The molecule has 2 unspecified atom stereocenters. The van der Waals surface area contributed by atoms with Gasteiger partial charge in [-0.3, -0.25) is 9.20 Å². The van der Waals surface area contributed by atoms with Crippen LogP contribution in [0.4, 0.5) is 0 Å². The molecule has 0 aromatic carbocycles. The van der Waals surface area contributed by atoms with Crippen LogP contribution in [0.3, 0.4) is 0 Å². The number of fused-ring (bicyclic) bond motifs is 3. The Bertz CT molecular complexity index is 679. The highest BCUT2D eigenvalue weighted by Crippen LogP contribution is 2.27. The maximum Gasteiger partial charge on any atom is 0.254 e. The van der Waals surface area contributed by atoms with E-state index in [1.54, 1.807) is 16.8 Å². The third-order valence-corrected chi connectivity index (χ3v) is 4.34. The third kappa shape index (κ3) is 1.87. The summed E-state index contributed by atoms with van der Waals surface area (Å²) in [5.74, 6) is 1.21. The SMILES string of the molecule is Cc1cn2cc(C(=O)NC3CN4CC[C@H]3C4)cnc2n1. The van der Waals surface area contributed by atoms with E-state index in [0.29, 0.717) is 17.3 Å². The average molecular weight is 271 g/mol. The largest absolute Gasteiger partial charge is 0.348 e. The molecular weight excluding hydrogens is 254 g/mol. The molecule has 0 radical (unpaired) electrons. The summed E-state index contributed by atoms with van der Waals surface area (Å²) in [5, 5.41) is 3.14. The topological polar surface area (TPSA) is 62.5 Å². The van der Waals surface area contributed by atoms with Crippen molar-refractivity contribution in [3.8, 4) is 0 Å². The Morgan fingerprint density at radius 2 is 2.30 bits per heavy atom. The van der Waals surface area contributed by atoms with E-state index in [1.165, 1.54) is 13.0 Å². The monoisotopic (exact) mass is 271 g/mol. The van der Waals surface area contributed by atoms with Crippen molar-refractivity contribution in [2.75, 3.05) is 19.6 Å². The Balaban J connectivity index is 1.54. The van der Waals surface area contributed by atoms with Crippen molar-refractivity contribution in [1.82, 2.24) is 24.6 Å². The zero-order valence-corrected chi connectivity index (χ0v) is 11.4. The van der Waals surface area contributed by atoms with Crippen molar-refractivity contribution >= 4 is 11.7 Å². The van der Waals surface area contributed by atoms with Gasteiger partial charge >= 0.3 is 0 Å². The molecule has 4 heterocycles. The van der Waals surface area contributed by atoms with Crippen LogP contribution in [-0.2, 0) is 0 Å². The molecule has 6 nitrogen and oxygen atoms in total. The highest BCUT2D eigenvalue weighted by Gasteiger charge is 2.38. The van der Waals surface area contributed by atoms with E-state index in [-0.39, 0.29) is 11.9 Å². The number of carbonyl (C=O) groups excluding carboxylic acids is 1. The van der Waals surface area contributed by atoms with Gasteiger partial charge in [0.1, 0.15) is 0 Å². The highest BCUT2D eigenvalue weighted by atomic mass is 16.1. The number of piperidine rings is 1. The van der Waals surface area contributed by atoms with E-state index in [4.69, 9.17) is 0 Å². The highest BCUT2D eigenvalue weighted by molar-refractivity contribution is 5.94. The lowest BCUT2D eigenvalue weighted by Crippen LogP contribution is -2.43. The number of aromatic nitrogens is 3. The molecule has 2 saturated heterocycles. The van der Waals surface area contributed by atoms with Gasteiger partial charge in [-0.25, -0.2) is 9.97 Å². The van der Waals surface area contributed by atoms with Gasteiger partial charge in [-0.2, -0.15) is 0 Å². The maximum absolute atomic E-state index is 12.3. The number of imidazole rings is 1. The minimum atomic E-state index is -0.0375. The molecule has 2 aromatic heterocycles. The van der Waals surface area contributed by atoms with Crippen LogP contribution in [0.5, 0.6) is 0 Å². The molecule has 4 rings (SSSR count). The second-order valence-corrected chi connectivity index (χ2v) is 5.82. The van der Waals surface area contributed by atoms with Crippen molar-refractivity contribution in [3.05, 3.63) is 29.8 Å². The summed E-state index contributed by atoms with van der Waals surface area (Å²) >= 11 is 0. The zero-order valence-electron chi connectivity index (χ0n) is 11.4. The molecule has 1 N–H and O–H groups in total. The fraction of sp³-hybridized carbons (Fsp3) is 0.500. The predicted octanol–water partition coefficient (Wildman–Crippen LogP) is 0.472. The van der Waals surface area contributed by atoms with Crippen molar-refractivity contribution in [3.63, 3.8) is 0 Å². The van der Waals surface area contributed by atoms with Gasteiger partial charge in [0.15, 0.2) is 0 Å².